The van der Waals surface area contributed by atoms with E-state index in [1.165, 1.54) is 0 Å². The van der Waals surface area contributed by atoms with Gasteiger partial charge in [0.15, 0.2) is 0 Å². The van der Waals surface area contributed by atoms with Crippen LogP contribution in [-0.2, 0) is 0 Å². The first kappa shape index (κ1) is 11.5. The van der Waals surface area contributed by atoms with Crippen LogP contribution in [0.2, 0.25) is 0 Å². The number of aryl methyl sites for hydroxylation is 2. The van der Waals surface area contributed by atoms with Gasteiger partial charge in [0.05, 0.1) is 5.69 Å². The van der Waals surface area contributed by atoms with Crippen LogP contribution in [0.15, 0.2) is 6.07 Å². The first-order valence-corrected chi connectivity index (χ1v) is 4.67. The minimum absolute atomic E-state index is 0.328. The van der Waals surface area contributed by atoms with Crippen molar-refractivity contribution in [2.24, 2.45) is 11.5 Å². The molecule has 1 rings (SSSR count). The molecule has 0 unspecified atom stereocenters. The Morgan fingerprint density at radius 2 is 2.20 bits per heavy atom. The molecule has 0 fully saturated rings. The van der Waals surface area contributed by atoms with Crippen molar-refractivity contribution in [2.75, 3.05) is 13.2 Å². The molecule has 0 aliphatic carbocycles. The molecule has 0 spiro atoms. The lowest BCUT2D eigenvalue weighted by atomic mass is 10.1. The van der Waals surface area contributed by atoms with Crippen LogP contribution >= 0.6 is 0 Å². The molecule has 1 amide bonds. The summed E-state index contributed by atoms with van der Waals surface area (Å²) >= 11 is 0. The monoisotopic (exact) mass is 209 g/mol. The van der Waals surface area contributed by atoms with E-state index in [1.807, 2.05) is 6.92 Å². The van der Waals surface area contributed by atoms with Gasteiger partial charge >= 0.3 is 0 Å². The Labute approximate surface area is 88.4 Å². The second kappa shape index (κ2) is 4.75. The number of carbonyl (C=O) groups excluding carboxylic acids is 1. The lowest BCUT2D eigenvalue weighted by Crippen LogP contribution is -2.18. The van der Waals surface area contributed by atoms with Gasteiger partial charge in [-0.05, 0) is 13.8 Å². The van der Waals surface area contributed by atoms with Gasteiger partial charge in [-0.25, -0.2) is 0 Å². The van der Waals surface area contributed by atoms with Crippen LogP contribution in [0, 0.1) is 13.8 Å². The minimum atomic E-state index is -0.535. The zero-order valence-electron chi connectivity index (χ0n) is 8.91. The van der Waals surface area contributed by atoms with Crippen molar-refractivity contribution in [1.29, 1.82) is 0 Å². The third kappa shape index (κ3) is 2.66. The molecule has 0 radical (unpaired) electrons. The molecular formula is C10H15N3O2. The predicted molar refractivity (Wildman–Crippen MR) is 56.8 cm³/mol. The van der Waals surface area contributed by atoms with Gasteiger partial charge < -0.3 is 16.2 Å². The number of rotatable bonds is 4. The normalized spacial score (nSPS) is 10.1. The maximum atomic E-state index is 11.2. The number of primary amides is 1. The van der Waals surface area contributed by atoms with E-state index in [4.69, 9.17) is 16.2 Å². The molecule has 5 heteroatoms. The molecule has 5 nitrogen and oxygen atoms in total. The van der Waals surface area contributed by atoms with Crippen molar-refractivity contribution < 1.29 is 9.53 Å². The van der Waals surface area contributed by atoms with Crippen molar-refractivity contribution in [2.45, 2.75) is 13.8 Å². The molecule has 0 aromatic carbocycles. The van der Waals surface area contributed by atoms with Crippen molar-refractivity contribution in [1.82, 2.24) is 4.98 Å². The van der Waals surface area contributed by atoms with Gasteiger partial charge in [0.25, 0.3) is 5.91 Å². The van der Waals surface area contributed by atoms with Crippen LogP contribution in [0.3, 0.4) is 0 Å². The van der Waals surface area contributed by atoms with Gasteiger partial charge in [0.2, 0.25) is 0 Å². The molecule has 0 aliphatic rings. The zero-order valence-corrected chi connectivity index (χ0v) is 8.91. The van der Waals surface area contributed by atoms with E-state index < -0.39 is 5.91 Å². The molecule has 0 saturated carbocycles. The summed E-state index contributed by atoms with van der Waals surface area (Å²) in [5.41, 5.74) is 12.3. The molecule has 0 bridgehead atoms. The molecule has 1 aromatic heterocycles. The van der Waals surface area contributed by atoms with Gasteiger partial charge in [0, 0.05) is 18.3 Å². The third-order valence-corrected chi connectivity index (χ3v) is 1.91. The van der Waals surface area contributed by atoms with E-state index in [1.54, 1.807) is 13.0 Å². The molecule has 0 atom stereocenters. The lowest BCUT2D eigenvalue weighted by molar-refractivity contribution is 0.0995. The summed E-state index contributed by atoms with van der Waals surface area (Å²) in [6, 6.07) is 1.68. The number of pyridine rings is 1. The summed E-state index contributed by atoms with van der Waals surface area (Å²) in [6.45, 7) is 4.29. The third-order valence-electron chi connectivity index (χ3n) is 1.91. The molecule has 1 heterocycles. The highest BCUT2D eigenvalue weighted by Crippen LogP contribution is 2.21. The first-order valence-electron chi connectivity index (χ1n) is 4.67. The Kier molecular flexibility index (Phi) is 3.62. The Hall–Kier alpha value is -1.62. The number of amides is 1. The van der Waals surface area contributed by atoms with Crippen LogP contribution in [-0.4, -0.2) is 24.0 Å². The van der Waals surface area contributed by atoms with Gasteiger partial charge in [-0.3, -0.25) is 9.78 Å². The highest BCUT2D eigenvalue weighted by molar-refractivity contribution is 5.96. The highest BCUT2D eigenvalue weighted by Gasteiger charge is 2.14. The number of nitrogens with two attached hydrogens (primary N) is 2. The molecule has 4 N–H and O–H groups in total. The smallest absolute Gasteiger partial charge is 0.254 e. The van der Waals surface area contributed by atoms with Crippen molar-refractivity contribution in [3.05, 3.63) is 23.0 Å². The van der Waals surface area contributed by atoms with Gasteiger partial charge in [-0.15, -0.1) is 0 Å². The topological polar surface area (TPSA) is 91.2 Å². The Morgan fingerprint density at radius 3 is 2.73 bits per heavy atom. The zero-order chi connectivity index (χ0) is 11.4. The molecule has 15 heavy (non-hydrogen) atoms. The Morgan fingerprint density at radius 1 is 1.53 bits per heavy atom. The summed E-state index contributed by atoms with van der Waals surface area (Å²) in [7, 11) is 0. The Balaban J connectivity index is 3.14. The maximum absolute atomic E-state index is 11.2. The van der Waals surface area contributed by atoms with Crippen molar-refractivity contribution in [3.63, 3.8) is 0 Å². The lowest BCUT2D eigenvalue weighted by Gasteiger charge is -2.11. The summed E-state index contributed by atoms with van der Waals surface area (Å²) < 4.78 is 5.34. The fourth-order valence-corrected chi connectivity index (χ4v) is 1.38. The largest absolute Gasteiger partial charge is 0.491 e. The van der Waals surface area contributed by atoms with Gasteiger partial charge in [-0.2, -0.15) is 0 Å². The highest BCUT2D eigenvalue weighted by atomic mass is 16.5. The number of nitrogens with zero attached hydrogens (tertiary/aromatic N) is 1. The minimum Gasteiger partial charge on any atom is -0.491 e. The van der Waals surface area contributed by atoms with E-state index in [0.29, 0.717) is 30.2 Å². The number of ether oxygens (including phenoxy) is 1. The molecule has 0 aliphatic heterocycles. The molecular weight excluding hydrogens is 194 g/mol. The van der Waals surface area contributed by atoms with Crippen LogP contribution in [0.5, 0.6) is 5.75 Å². The van der Waals surface area contributed by atoms with E-state index in [9.17, 15) is 4.79 Å². The summed E-state index contributed by atoms with van der Waals surface area (Å²) in [4.78, 5) is 15.3. The Bertz CT molecular complexity index is 377. The number of aromatic nitrogens is 1. The van der Waals surface area contributed by atoms with Crippen LogP contribution in [0.25, 0.3) is 0 Å². The van der Waals surface area contributed by atoms with Crippen LogP contribution < -0.4 is 16.2 Å². The number of hydrogen-bond donors (Lipinski definition) is 2. The fourth-order valence-electron chi connectivity index (χ4n) is 1.38. The summed E-state index contributed by atoms with van der Waals surface area (Å²) in [5, 5.41) is 0. The number of hydrogen-bond acceptors (Lipinski definition) is 4. The number of carbonyl (C=O) groups is 1. The second-order valence-corrected chi connectivity index (χ2v) is 3.22. The van der Waals surface area contributed by atoms with E-state index in [2.05, 4.69) is 4.98 Å². The van der Waals surface area contributed by atoms with E-state index in [-0.39, 0.29) is 0 Å². The molecule has 82 valence electrons. The second-order valence-electron chi connectivity index (χ2n) is 3.22. The summed E-state index contributed by atoms with van der Waals surface area (Å²) in [6.07, 6.45) is 0. The quantitative estimate of drug-likeness (QED) is 0.737. The van der Waals surface area contributed by atoms with Gasteiger partial charge in [-0.1, -0.05) is 0 Å². The van der Waals surface area contributed by atoms with Crippen molar-refractivity contribution >= 4 is 5.91 Å². The average Bonchev–Trinajstić information content (AvgIpc) is 2.12. The maximum Gasteiger partial charge on any atom is 0.254 e. The van der Waals surface area contributed by atoms with Crippen LogP contribution in [0.4, 0.5) is 0 Å². The standard InChI is InChI=1S/C10H15N3O2/c1-6-5-8(15-4-3-11)9(10(12)14)7(2)13-6/h5H,3-4,11H2,1-2H3,(H2,12,14). The van der Waals surface area contributed by atoms with E-state index in [0.717, 1.165) is 5.69 Å². The average molecular weight is 209 g/mol. The summed E-state index contributed by atoms with van der Waals surface area (Å²) in [5.74, 6) is -0.0787. The molecule has 0 saturated heterocycles. The predicted octanol–water partition coefficient (Wildman–Crippen LogP) is 0.135. The fraction of sp³-hybridized carbons (Fsp3) is 0.400. The first-order chi connectivity index (χ1) is 7.06. The van der Waals surface area contributed by atoms with Crippen molar-refractivity contribution in [3.8, 4) is 5.75 Å². The molecule has 1 aromatic rings. The van der Waals surface area contributed by atoms with E-state index >= 15 is 0 Å². The van der Waals surface area contributed by atoms with Crippen LogP contribution in [0.1, 0.15) is 21.7 Å². The SMILES string of the molecule is Cc1cc(OCCN)c(C(N)=O)c(C)n1. The van der Waals surface area contributed by atoms with Gasteiger partial charge in [0.1, 0.15) is 17.9 Å².